The zero-order valence-corrected chi connectivity index (χ0v) is 23.1. The number of hydrogen-bond acceptors (Lipinski definition) is 7. The highest BCUT2D eigenvalue weighted by molar-refractivity contribution is 6.33. The molecule has 3 heterocycles. The van der Waals surface area contributed by atoms with Crippen LogP contribution in [-0.4, -0.2) is 40.4 Å². The normalized spacial score (nSPS) is 11.1. The minimum atomic E-state index is -0.497. The van der Waals surface area contributed by atoms with Crippen LogP contribution in [-0.2, 0) is 13.1 Å². The summed E-state index contributed by atoms with van der Waals surface area (Å²) in [5, 5.41) is 18.6. The van der Waals surface area contributed by atoms with Crippen molar-refractivity contribution in [2.45, 2.75) is 20.0 Å². The van der Waals surface area contributed by atoms with Gasteiger partial charge in [-0.2, -0.15) is 0 Å². The number of pyridine rings is 2. The Bertz CT molecular complexity index is 1640. The maximum Gasteiger partial charge on any atom is 0.203 e. The number of anilines is 2. The van der Waals surface area contributed by atoms with Gasteiger partial charge in [0.1, 0.15) is 23.1 Å². The lowest BCUT2D eigenvalue weighted by atomic mass is 10.1. The monoisotopic (exact) mass is 561 g/mol. The number of nitrogens with one attached hydrogen (secondary N) is 2. The summed E-state index contributed by atoms with van der Waals surface area (Å²) in [5.74, 6) is 1.32. The number of aromatic hydroxyl groups is 1. The van der Waals surface area contributed by atoms with Gasteiger partial charge in [0.15, 0.2) is 0 Å². The molecule has 0 amide bonds. The molecule has 0 aliphatic rings. The zero-order chi connectivity index (χ0) is 28.2. The minimum Gasteiger partial charge on any atom is -0.497 e. The van der Waals surface area contributed by atoms with Crippen molar-refractivity contribution in [3.63, 3.8) is 0 Å². The Hall–Kier alpha value is -4.34. The number of halogens is 2. The molecule has 0 saturated heterocycles. The fourth-order valence-electron chi connectivity index (χ4n) is 4.51. The van der Waals surface area contributed by atoms with E-state index in [9.17, 15) is 9.50 Å². The number of benzene rings is 2. The molecule has 0 bridgehead atoms. The Labute approximate surface area is 236 Å². The highest BCUT2D eigenvalue weighted by Crippen LogP contribution is 2.40. The third-order valence-electron chi connectivity index (χ3n) is 6.54. The molecule has 0 unspecified atom stereocenters. The second-order valence-corrected chi connectivity index (χ2v) is 9.53. The van der Waals surface area contributed by atoms with E-state index in [1.54, 1.807) is 55.4 Å². The molecule has 0 spiro atoms. The number of nitrogens with zero attached hydrogens (tertiary/aromatic N) is 3. The summed E-state index contributed by atoms with van der Waals surface area (Å²) in [5.41, 5.74) is 3.31. The first-order chi connectivity index (χ1) is 19.4. The number of hydrogen-bond donors (Lipinski definition) is 3. The van der Waals surface area contributed by atoms with Gasteiger partial charge in [0.2, 0.25) is 5.88 Å². The first-order valence-electron chi connectivity index (χ1n) is 12.7. The fraction of sp³-hybridized carbons (Fsp3) is 0.200. The van der Waals surface area contributed by atoms with Gasteiger partial charge in [-0.05, 0) is 48.5 Å². The first kappa shape index (κ1) is 27.2. The third kappa shape index (κ3) is 5.52. The third-order valence-corrected chi connectivity index (χ3v) is 6.86. The summed E-state index contributed by atoms with van der Waals surface area (Å²) < 4.78 is 27.4. The number of ether oxygens (including phenoxy) is 2. The molecular formula is C30H29ClFN5O3. The molecule has 0 aliphatic carbocycles. The van der Waals surface area contributed by atoms with Gasteiger partial charge in [0.25, 0.3) is 0 Å². The van der Waals surface area contributed by atoms with Crippen LogP contribution in [0, 0.1) is 5.82 Å². The molecule has 5 aromatic rings. The van der Waals surface area contributed by atoms with Crippen LogP contribution in [0.15, 0.2) is 67.0 Å². The average molecular weight is 562 g/mol. The largest absolute Gasteiger partial charge is 0.497 e. The fourth-order valence-corrected chi connectivity index (χ4v) is 4.77. The van der Waals surface area contributed by atoms with Crippen LogP contribution in [0.25, 0.3) is 22.2 Å². The molecule has 8 nitrogen and oxygen atoms in total. The van der Waals surface area contributed by atoms with Gasteiger partial charge in [0, 0.05) is 30.6 Å². The van der Waals surface area contributed by atoms with Gasteiger partial charge in [-0.1, -0.05) is 30.7 Å². The summed E-state index contributed by atoms with van der Waals surface area (Å²) in [6.07, 6.45) is 3.49. The minimum absolute atomic E-state index is 0.0159. The highest BCUT2D eigenvalue weighted by Gasteiger charge is 2.20. The molecule has 3 N–H and O–H groups in total. The van der Waals surface area contributed by atoms with Gasteiger partial charge in [-0.25, -0.2) is 14.4 Å². The van der Waals surface area contributed by atoms with Crippen LogP contribution in [0.2, 0.25) is 5.02 Å². The summed E-state index contributed by atoms with van der Waals surface area (Å²) in [6.45, 7) is 3.90. The zero-order valence-electron chi connectivity index (χ0n) is 22.3. The summed E-state index contributed by atoms with van der Waals surface area (Å²) in [6, 6.07) is 15.5. The molecule has 206 valence electrons. The van der Waals surface area contributed by atoms with Crippen molar-refractivity contribution in [2.24, 2.45) is 0 Å². The Balaban J connectivity index is 1.61. The summed E-state index contributed by atoms with van der Waals surface area (Å²) in [7, 11) is 3.16. The van der Waals surface area contributed by atoms with Crippen molar-refractivity contribution in [3.05, 3.63) is 89.0 Å². The number of fused-ring (bicyclic) bond motifs is 1. The second-order valence-electron chi connectivity index (χ2n) is 9.13. The predicted octanol–water partition coefficient (Wildman–Crippen LogP) is 6.52. The van der Waals surface area contributed by atoms with Crippen molar-refractivity contribution in [1.82, 2.24) is 19.9 Å². The van der Waals surface area contributed by atoms with E-state index >= 15 is 0 Å². The lowest BCUT2D eigenvalue weighted by Gasteiger charge is -2.13. The molecule has 0 radical (unpaired) electrons. The molecule has 10 heteroatoms. The maximum absolute atomic E-state index is 14.9. The first-order valence-corrected chi connectivity index (χ1v) is 13.1. The van der Waals surface area contributed by atoms with E-state index in [-0.39, 0.29) is 16.5 Å². The van der Waals surface area contributed by atoms with E-state index in [1.807, 2.05) is 31.2 Å². The average Bonchev–Trinajstić information content (AvgIpc) is 3.27. The van der Waals surface area contributed by atoms with Gasteiger partial charge in [-0.3, -0.25) is 0 Å². The van der Waals surface area contributed by atoms with E-state index in [0.717, 1.165) is 17.7 Å². The standard InChI is InChI=1S/C30H29ClFN5O3/c1-4-33-14-18-8-11-27(34-15-18)36-24-13-23(28-21(31)6-5-7-22(28)32)35-25-17-37(30(38)29(24)25)16-19-9-10-20(39-2)12-26(19)40-3/h5-13,15,17,33,38H,4,14,16H2,1-3H3,(H,34,36). The lowest BCUT2D eigenvalue weighted by molar-refractivity contribution is 0.387. The van der Waals surface area contributed by atoms with Gasteiger partial charge < -0.3 is 29.8 Å². The molecule has 0 atom stereocenters. The number of methoxy groups -OCH3 is 2. The van der Waals surface area contributed by atoms with Crippen LogP contribution < -0.4 is 20.1 Å². The smallest absolute Gasteiger partial charge is 0.203 e. The molecule has 0 fully saturated rings. The van der Waals surface area contributed by atoms with Gasteiger partial charge in [0.05, 0.1) is 53.6 Å². The van der Waals surface area contributed by atoms with E-state index in [1.165, 1.54) is 6.07 Å². The molecule has 40 heavy (non-hydrogen) atoms. The summed E-state index contributed by atoms with van der Waals surface area (Å²) in [4.78, 5) is 9.21. The van der Waals surface area contributed by atoms with E-state index in [4.69, 9.17) is 21.1 Å². The lowest BCUT2D eigenvalue weighted by Crippen LogP contribution is -2.11. The van der Waals surface area contributed by atoms with Crippen LogP contribution in [0.1, 0.15) is 18.1 Å². The van der Waals surface area contributed by atoms with Crippen LogP contribution in [0.4, 0.5) is 15.9 Å². The maximum atomic E-state index is 14.9. The second kappa shape index (κ2) is 11.8. The van der Waals surface area contributed by atoms with Crippen LogP contribution in [0.5, 0.6) is 17.4 Å². The molecule has 0 saturated carbocycles. The Morgan fingerprint density at radius 2 is 1.93 bits per heavy atom. The van der Waals surface area contributed by atoms with Gasteiger partial charge >= 0.3 is 0 Å². The SMILES string of the molecule is CCNCc1ccc(Nc2cc(-c3c(F)cccc3Cl)nc3cn(Cc4ccc(OC)cc4OC)c(O)c23)nc1. The van der Waals surface area contributed by atoms with Crippen molar-refractivity contribution in [2.75, 3.05) is 26.1 Å². The molecule has 3 aromatic heterocycles. The number of rotatable bonds is 10. The van der Waals surface area contributed by atoms with Gasteiger partial charge in [-0.15, -0.1) is 0 Å². The Morgan fingerprint density at radius 1 is 1.07 bits per heavy atom. The highest BCUT2D eigenvalue weighted by atomic mass is 35.5. The molecule has 0 aliphatic heterocycles. The molecular weight excluding hydrogens is 533 g/mol. The van der Waals surface area contributed by atoms with Crippen molar-refractivity contribution in [3.8, 4) is 28.6 Å². The van der Waals surface area contributed by atoms with Crippen LogP contribution >= 0.6 is 11.6 Å². The van der Waals surface area contributed by atoms with Crippen molar-refractivity contribution in [1.29, 1.82) is 0 Å². The topological polar surface area (TPSA) is 93.5 Å². The molecule has 5 rings (SSSR count). The number of aromatic nitrogens is 3. The van der Waals surface area contributed by atoms with E-state index < -0.39 is 5.82 Å². The van der Waals surface area contributed by atoms with Crippen molar-refractivity contribution >= 4 is 34.0 Å². The molecule has 2 aromatic carbocycles. The van der Waals surface area contributed by atoms with E-state index in [0.29, 0.717) is 52.7 Å². The van der Waals surface area contributed by atoms with E-state index in [2.05, 4.69) is 20.6 Å². The van der Waals surface area contributed by atoms with Crippen LogP contribution in [0.3, 0.4) is 0 Å². The van der Waals surface area contributed by atoms with Crippen molar-refractivity contribution < 1.29 is 19.0 Å². The predicted molar refractivity (Wildman–Crippen MR) is 155 cm³/mol. The quantitative estimate of drug-likeness (QED) is 0.179. The Kier molecular flexibility index (Phi) is 8.04. The Morgan fingerprint density at radius 3 is 2.62 bits per heavy atom. The summed E-state index contributed by atoms with van der Waals surface area (Å²) >= 11 is 6.39.